The minimum atomic E-state index is -0.776. The third-order valence-electron chi connectivity index (χ3n) is 7.25. The molecule has 0 radical (unpaired) electrons. The molecule has 0 aliphatic heterocycles. The first-order valence-electron chi connectivity index (χ1n) is 13.6. The number of carbonyl (C=O) groups excluding carboxylic acids is 1. The molecule has 0 unspecified atom stereocenters. The number of thiophene rings is 1. The molecule has 12 heteroatoms. The topological polar surface area (TPSA) is 132 Å². The van der Waals surface area contributed by atoms with Crippen LogP contribution in [0.1, 0.15) is 27.7 Å². The van der Waals surface area contributed by atoms with Crippen LogP contribution in [0.2, 0.25) is 0 Å². The van der Waals surface area contributed by atoms with Crippen molar-refractivity contribution < 1.29 is 23.6 Å². The molecule has 0 aliphatic carbocycles. The Kier molecular flexibility index (Phi) is 7.66. The van der Waals surface area contributed by atoms with Crippen molar-refractivity contribution in [3.05, 3.63) is 115 Å². The normalized spacial score (nSPS) is 11.2. The van der Waals surface area contributed by atoms with Crippen LogP contribution in [0.25, 0.3) is 32.7 Å². The molecular weight excluding hydrogens is 587 g/mol. The highest BCUT2D eigenvalue weighted by molar-refractivity contribution is 7.18. The molecule has 0 saturated carbocycles. The Labute approximate surface area is 253 Å². The fourth-order valence-electron chi connectivity index (χ4n) is 4.99. The number of methoxy groups -OCH3 is 1. The van der Waals surface area contributed by atoms with Gasteiger partial charge in [0.25, 0.3) is 5.56 Å². The summed E-state index contributed by atoms with van der Waals surface area (Å²) in [5.41, 5.74) is 1.95. The number of aryl methyl sites for hydroxylation is 1. The van der Waals surface area contributed by atoms with Gasteiger partial charge in [-0.1, -0.05) is 55.5 Å². The van der Waals surface area contributed by atoms with Gasteiger partial charge in [0.2, 0.25) is 0 Å². The zero-order valence-corrected chi connectivity index (χ0v) is 24.4. The molecule has 3 aromatic carbocycles. The van der Waals surface area contributed by atoms with Gasteiger partial charge < -0.3 is 14.4 Å². The molecule has 6 rings (SSSR count). The van der Waals surface area contributed by atoms with Gasteiger partial charge >= 0.3 is 5.69 Å². The first-order chi connectivity index (χ1) is 21.3. The zero-order valence-electron chi connectivity index (χ0n) is 23.6. The predicted octanol–water partition coefficient (Wildman–Crippen LogP) is 4.66. The number of ether oxygens (including phenoxy) is 1. The van der Waals surface area contributed by atoms with Gasteiger partial charge in [0.15, 0.2) is 29.3 Å². The number of ketones is 1. The van der Waals surface area contributed by atoms with E-state index in [0.717, 1.165) is 32.2 Å². The predicted molar refractivity (Wildman–Crippen MR) is 161 cm³/mol. The van der Waals surface area contributed by atoms with E-state index >= 15 is 0 Å². The Hall–Kier alpha value is -5.36. The summed E-state index contributed by atoms with van der Waals surface area (Å²) in [6, 6.07) is 20.2. The highest BCUT2D eigenvalue weighted by atomic mass is 32.1. The number of hydrogen-bond donors (Lipinski definition) is 0. The standard InChI is InChI=1S/C32H25FN4O6S/c1-3-21-15-24-29(39)36(17-26(38)20-12-13-25(33)27(14-20)42-2)32(41)37(30(24)44-21)16-18-8-10-19(11-9-18)22-6-4-5-7-23(22)28-34-31(40)43-35-28/h4-15H,3,16-17H2,1-2H3,(H,34,35,40)/p-1. The van der Waals surface area contributed by atoms with Gasteiger partial charge in [-0.3, -0.25) is 18.7 Å². The van der Waals surface area contributed by atoms with Crippen LogP contribution in [0, 0.1) is 5.82 Å². The molecule has 0 bridgehead atoms. The molecular formula is C32H24FN4O6S-. The number of aromatic nitrogens is 4. The van der Waals surface area contributed by atoms with Crippen LogP contribution in [0.5, 0.6) is 11.8 Å². The summed E-state index contributed by atoms with van der Waals surface area (Å²) in [4.78, 5) is 45.7. The first-order valence-corrected chi connectivity index (χ1v) is 14.4. The van der Waals surface area contributed by atoms with Crippen molar-refractivity contribution in [1.82, 2.24) is 19.3 Å². The molecule has 3 aromatic heterocycles. The number of benzene rings is 3. The minimum Gasteiger partial charge on any atom is -0.528 e. The highest BCUT2D eigenvalue weighted by Crippen LogP contribution is 2.31. The highest BCUT2D eigenvalue weighted by Gasteiger charge is 2.20. The molecule has 3 heterocycles. The maximum atomic E-state index is 13.9. The summed E-state index contributed by atoms with van der Waals surface area (Å²) in [6.07, 6.45) is -0.106. The summed E-state index contributed by atoms with van der Waals surface area (Å²) < 4.78 is 25.9. The van der Waals surface area contributed by atoms with Crippen molar-refractivity contribution in [2.45, 2.75) is 26.4 Å². The summed E-state index contributed by atoms with van der Waals surface area (Å²) in [7, 11) is 1.29. The van der Waals surface area contributed by atoms with Crippen LogP contribution >= 0.6 is 11.3 Å². The van der Waals surface area contributed by atoms with Gasteiger partial charge in [-0.05, 0) is 47.4 Å². The number of carbonyl (C=O) groups is 1. The second kappa shape index (κ2) is 11.7. The van der Waals surface area contributed by atoms with Crippen LogP contribution in [0.15, 0.2) is 86.9 Å². The van der Waals surface area contributed by atoms with Gasteiger partial charge in [0, 0.05) is 16.0 Å². The number of hydrogen-bond acceptors (Lipinski definition) is 9. The number of halogens is 1. The van der Waals surface area contributed by atoms with Crippen molar-refractivity contribution in [2.24, 2.45) is 0 Å². The molecule has 0 amide bonds. The van der Waals surface area contributed by atoms with Gasteiger partial charge in [-0.15, -0.1) is 11.3 Å². The number of nitrogens with zero attached hydrogens (tertiary/aromatic N) is 4. The third kappa shape index (κ3) is 5.31. The van der Waals surface area contributed by atoms with E-state index in [-0.39, 0.29) is 23.7 Å². The van der Waals surface area contributed by atoms with Gasteiger partial charge in [-0.2, -0.15) is 5.16 Å². The molecule has 0 atom stereocenters. The van der Waals surface area contributed by atoms with Crippen molar-refractivity contribution in [3.63, 3.8) is 0 Å². The van der Waals surface area contributed by atoms with E-state index in [1.54, 1.807) is 12.1 Å². The zero-order chi connectivity index (χ0) is 31.0. The maximum Gasteiger partial charge on any atom is 0.332 e. The fourth-order valence-corrected chi connectivity index (χ4v) is 6.07. The SMILES string of the molecule is CCc1cc2c(=O)n(CC(=O)c3ccc(F)c(OC)c3)c(=O)n(Cc3ccc(-c4ccccc4-c4noc([O-])n4)cc3)c2s1. The average molecular weight is 612 g/mol. The van der Waals surface area contributed by atoms with E-state index in [4.69, 9.17) is 4.74 Å². The maximum absolute atomic E-state index is 13.9. The molecule has 0 spiro atoms. The second-order valence-electron chi connectivity index (χ2n) is 9.94. The molecule has 0 N–H and O–H groups in total. The number of rotatable bonds is 9. The van der Waals surface area contributed by atoms with Crippen LogP contribution in [-0.4, -0.2) is 32.2 Å². The van der Waals surface area contributed by atoms with E-state index in [9.17, 15) is 23.9 Å². The molecule has 10 nitrogen and oxygen atoms in total. The first kappa shape index (κ1) is 28.7. The molecule has 44 heavy (non-hydrogen) atoms. The molecule has 6 aromatic rings. The van der Waals surface area contributed by atoms with Gasteiger partial charge in [-0.25, -0.2) is 14.2 Å². The third-order valence-corrected chi connectivity index (χ3v) is 8.55. The van der Waals surface area contributed by atoms with E-state index in [1.165, 1.54) is 35.1 Å². The number of fused-ring (bicyclic) bond motifs is 1. The quantitative estimate of drug-likeness (QED) is 0.216. The lowest BCUT2D eigenvalue weighted by molar-refractivity contribution is -0.303. The van der Waals surface area contributed by atoms with E-state index in [0.29, 0.717) is 22.2 Å². The van der Waals surface area contributed by atoms with Crippen LogP contribution in [-0.2, 0) is 19.5 Å². The van der Waals surface area contributed by atoms with E-state index < -0.39 is 35.5 Å². The number of Topliss-reactive ketones (excluding diaryl/α,β-unsaturated/α-hetero) is 1. The van der Waals surface area contributed by atoms with Crippen molar-refractivity contribution in [3.8, 4) is 34.3 Å². The summed E-state index contributed by atoms with van der Waals surface area (Å²) in [5.74, 6) is -1.09. The Morgan fingerprint density at radius 2 is 1.77 bits per heavy atom. The summed E-state index contributed by atoms with van der Waals surface area (Å²) in [5, 5.41) is 15.6. The lowest BCUT2D eigenvalue weighted by atomic mass is 9.98. The Bertz CT molecular complexity index is 2150. The largest absolute Gasteiger partial charge is 0.528 e. The Balaban J connectivity index is 1.37. The van der Waals surface area contributed by atoms with Crippen molar-refractivity contribution in [2.75, 3.05) is 7.11 Å². The second-order valence-corrected chi connectivity index (χ2v) is 11.1. The van der Waals surface area contributed by atoms with Crippen LogP contribution in [0.3, 0.4) is 0 Å². The lowest BCUT2D eigenvalue weighted by Crippen LogP contribution is -2.41. The van der Waals surface area contributed by atoms with E-state index in [2.05, 4.69) is 14.7 Å². The average Bonchev–Trinajstić information content (AvgIpc) is 3.68. The Morgan fingerprint density at radius 1 is 1.02 bits per heavy atom. The smallest absolute Gasteiger partial charge is 0.332 e. The minimum absolute atomic E-state index is 0.111. The summed E-state index contributed by atoms with van der Waals surface area (Å²) >= 11 is 1.36. The van der Waals surface area contributed by atoms with Crippen LogP contribution < -0.4 is 21.1 Å². The summed E-state index contributed by atoms with van der Waals surface area (Å²) in [6.45, 7) is 1.58. The van der Waals surface area contributed by atoms with Gasteiger partial charge in [0.1, 0.15) is 4.83 Å². The van der Waals surface area contributed by atoms with Crippen molar-refractivity contribution >= 4 is 27.3 Å². The lowest BCUT2D eigenvalue weighted by Gasteiger charge is -2.13. The molecule has 222 valence electrons. The fraction of sp³-hybridized carbons (Fsp3) is 0.156. The Morgan fingerprint density at radius 3 is 2.45 bits per heavy atom. The molecule has 0 aliphatic rings. The molecule has 0 saturated heterocycles. The van der Waals surface area contributed by atoms with Crippen molar-refractivity contribution in [1.29, 1.82) is 0 Å². The van der Waals surface area contributed by atoms with Crippen LogP contribution in [0.4, 0.5) is 4.39 Å². The van der Waals surface area contributed by atoms with Gasteiger partial charge in [0.05, 0.1) is 25.6 Å². The van der Waals surface area contributed by atoms with E-state index in [1.807, 2.05) is 49.4 Å². The molecule has 0 fully saturated rings. The monoisotopic (exact) mass is 611 g/mol.